The molecule has 0 bridgehead atoms. The number of alkyl halides is 3. The first-order valence-corrected chi connectivity index (χ1v) is 5.97. The number of hydrogen-bond acceptors (Lipinski definition) is 4. The highest BCUT2D eigenvalue weighted by Crippen LogP contribution is 2.36. The highest BCUT2D eigenvalue weighted by atomic mass is 19.4. The largest absolute Gasteiger partial charge is 0.396 e. The lowest BCUT2D eigenvalue weighted by Crippen LogP contribution is -2.40. The van der Waals surface area contributed by atoms with Crippen molar-refractivity contribution < 1.29 is 17.7 Å². The predicted molar refractivity (Wildman–Crippen MR) is 57.6 cm³/mol. The Kier molecular flexibility index (Phi) is 3.35. The smallest absolute Gasteiger partial charge is 0.337 e. The van der Waals surface area contributed by atoms with E-state index in [4.69, 9.17) is 10.3 Å². The molecule has 0 aromatic carbocycles. The van der Waals surface area contributed by atoms with E-state index in [9.17, 15) is 13.2 Å². The standard InChI is InChI=1S/C11H16F3N3O/c1-7-2-4-10(15,5-3-7)9-16-8(17-18-9)6-11(12,13)14/h7H,2-6,15H2,1H3. The molecule has 0 spiro atoms. The second-order valence-electron chi connectivity index (χ2n) is 5.15. The molecule has 7 heteroatoms. The van der Waals surface area contributed by atoms with Crippen LogP contribution in [0.5, 0.6) is 0 Å². The molecule has 1 aromatic rings. The minimum absolute atomic E-state index is 0.133. The van der Waals surface area contributed by atoms with E-state index in [1.165, 1.54) is 0 Å². The molecule has 4 nitrogen and oxygen atoms in total. The predicted octanol–water partition coefficient (Wildman–Crippen LogP) is 2.54. The summed E-state index contributed by atoms with van der Waals surface area (Å²) in [5.74, 6) is 0.369. The van der Waals surface area contributed by atoms with Crippen molar-refractivity contribution in [3.05, 3.63) is 11.7 Å². The highest BCUT2D eigenvalue weighted by Gasteiger charge is 2.38. The monoisotopic (exact) mass is 263 g/mol. The molecule has 102 valence electrons. The van der Waals surface area contributed by atoms with Gasteiger partial charge >= 0.3 is 6.18 Å². The van der Waals surface area contributed by atoms with Gasteiger partial charge in [0.05, 0.1) is 5.54 Å². The molecule has 1 aromatic heterocycles. The molecular formula is C11H16F3N3O. The van der Waals surface area contributed by atoms with Gasteiger partial charge in [-0.25, -0.2) is 0 Å². The fourth-order valence-corrected chi connectivity index (χ4v) is 2.20. The SMILES string of the molecule is CC1CCC(N)(c2nc(CC(F)(F)F)no2)CC1. The maximum atomic E-state index is 12.2. The van der Waals surface area contributed by atoms with Gasteiger partial charge in [0.15, 0.2) is 5.82 Å². The van der Waals surface area contributed by atoms with Crippen LogP contribution in [0.2, 0.25) is 0 Å². The molecule has 18 heavy (non-hydrogen) atoms. The zero-order valence-electron chi connectivity index (χ0n) is 10.1. The molecule has 1 fully saturated rings. The number of nitrogens with two attached hydrogens (primary N) is 1. The fourth-order valence-electron chi connectivity index (χ4n) is 2.20. The van der Waals surface area contributed by atoms with E-state index in [2.05, 4.69) is 17.1 Å². The normalized spacial score (nSPS) is 29.5. The molecule has 1 saturated carbocycles. The van der Waals surface area contributed by atoms with E-state index < -0.39 is 18.1 Å². The lowest BCUT2D eigenvalue weighted by atomic mass is 9.78. The van der Waals surface area contributed by atoms with Crippen molar-refractivity contribution in [2.75, 3.05) is 0 Å². The molecule has 1 heterocycles. The summed E-state index contributed by atoms with van der Waals surface area (Å²) in [6, 6.07) is 0. The van der Waals surface area contributed by atoms with Crippen LogP contribution in [-0.4, -0.2) is 16.3 Å². The Morgan fingerprint density at radius 3 is 2.56 bits per heavy atom. The summed E-state index contributed by atoms with van der Waals surface area (Å²) in [6.45, 7) is 2.13. The van der Waals surface area contributed by atoms with Gasteiger partial charge < -0.3 is 10.3 Å². The molecule has 0 saturated heterocycles. The maximum Gasteiger partial charge on any atom is 0.396 e. The zero-order chi connectivity index (χ0) is 13.4. The molecule has 0 unspecified atom stereocenters. The van der Waals surface area contributed by atoms with E-state index in [0.717, 1.165) is 12.8 Å². The third-order valence-electron chi connectivity index (χ3n) is 3.42. The van der Waals surface area contributed by atoms with E-state index >= 15 is 0 Å². The van der Waals surface area contributed by atoms with Crippen molar-refractivity contribution in [2.24, 2.45) is 11.7 Å². The van der Waals surface area contributed by atoms with Gasteiger partial charge in [-0.2, -0.15) is 18.2 Å². The summed E-state index contributed by atoms with van der Waals surface area (Å²) in [5, 5.41) is 3.35. The molecular weight excluding hydrogens is 247 g/mol. The topological polar surface area (TPSA) is 64.9 Å². The van der Waals surface area contributed by atoms with Gasteiger partial charge in [-0.3, -0.25) is 0 Å². The Labute approximate surface area is 103 Å². The minimum atomic E-state index is -4.33. The number of halogens is 3. The van der Waals surface area contributed by atoms with Gasteiger partial charge in [0.1, 0.15) is 6.42 Å². The average molecular weight is 263 g/mol. The van der Waals surface area contributed by atoms with Crippen molar-refractivity contribution in [3.63, 3.8) is 0 Å². The van der Waals surface area contributed by atoms with E-state index in [1.807, 2.05) is 0 Å². The lowest BCUT2D eigenvalue weighted by Gasteiger charge is -2.32. The summed E-state index contributed by atoms with van der Waals surface area (Å²) in [4.78, 5) is 3.79. The van der Waals surface area contributed by atoms with E-state index in [0.29, 0.717) is 18.8 Å². The van der Waals surface area contributed by atoms with Gasteiger partial charge in [0, 0.05) is 0 Å². The Morgan fingerprint density at radius 1 is 1.39 bits per heavy atom. The summed E-state index contributed by atoms with van der Waals surface area (Å²) >= 11 is 0. The summed E-state index contributed by atoms with van der Waals surface area (Å²) in [6.07, 6.45) is -2.32. The van der Waals surface area contributed by atoms with Crippen molar-refractivity contribution >= 4 is 0 Å². The summed E-state index contributed by atoms with van der Waals surface area (Å²) in [5.41, 5.74) is 5.38. The number of aromatic nitrogens is 2. The fraction of sp³-hybridized carbons (Fsp3) is 0.818. The van der Waals surface area contributed by atoms with Crippen LogP contribution in [0.1, 0.15) is 44.3 Å². The third-order valence-corrected chi connectivity index (χ3v) is 3.42. The lowest BCUT2D eigenvalue weighted by molar-refractivity contribution is -0.128. The second-order valence-corrected chi connectivity index (χ2v) is 5.15. The van der Waals surface area contributed by atoms with Crippen LogP contribution in [0.3, 0.4) is 0 Å². The van der Waals surface area contributed by atoms with Crippen LogP contribution in [0.25, 0.3) is 0 Å². The molecule has 0 atom stereocenters. The van der Waals surface area contributed by atoms with Crippen LogP contribution < -0.4 is 5.73 Å². The van der Waals surface area contributed by atoms with Crippen LogP contribution in [0, 0.1) is 5.92 Å². The summed E-state index contributed by atoms with van der Waals surface area (Å²) < 4.78 is 41.5. The molecule has 0 amide bonds. The Bertz CT molecular complexity index is 408. The van der Waals surface area contributed by atoms with Crippen LogP contribution in [-0.2, 0) is 12.0 Å². The maximum absolute atomic E-state index is 12.2. The van der Waals surface area contributed by atoms with Crippen LogP contribution >= 0.6 is 0 Å². The van der Waals surface area contributed by atoms with Crippen molar-refractivity contribution in [1.29, 1.82) is 0 Å². The van der Waals surface area contributed by atoms with Gasteiger partial charge in [-0.05, 0) is 31.6 Å². The quantitative estimate of drug-likeness (QED) is 0.890. The summed E-state index contributed by atoms with van der Waals surface area (Å²) in [7, 11) is 0. The average Bonchev–Trinajstić information content (AvgIpc) is 2.69. The zero-order valence-corrected chi connectivity index (χ0v) is 10.1. The van der Waals surface area contributed by atoms with Gasteiger partial charge in [-0.15, -0.1) is 0 Å². The molecule has 1 aliphatic rings. The molecule has 0 aliphatic heterocycles. The first-order chi connectivity index (χ1) is 8.28. The molecule has 0 radical (unpaired) electrons. The van der Waals surface area contributed by atoms with Gasteiger partial charge in [0.25, 0.3) is 0 Å². The Hall–Kier alpha value is -1.11. The first kappa shape index (κ1) is 13.3. The van der Waals surface area contributed by atoms with Crippen molar-refractivity contribution in [3.8, 4) is 0 Å². The van der Waals surface area contributed by atoms with Crippen LogP contribution in [0.4, 0.5) is 13.2 Å². The first-order valence-electron chi connectivity index (χ1n) is 5.97. The van der Waals surface area contributed by atoms with Gasteiger partial charge in [0.2, 0.25) is 5.89 Å². The molecule has 1 aliphatic carbocycles. The van der Waals surface area contributed by atoms with Crippen molar-refractivity contribution in [1.82, 2.24) is 10.1 Å². The Morgan fingerprint density at radius 2 is 2.00 bits per heavy atom. The van der Waals surface area contributed by atoms with E-state index in [1.54, 1.807) is 0 Å². The Balaban J connectivity index is 2.10. The van der Waals surface area contributed by atoms with Crippen LogP contribution in [0.15, 0.2) is 4.52 Å². The molecule has 2 N–H and O–H groups in total. The van der Waals surface area contributed by atoms with Crippen molar-refractivity contribution in [2.45, 2.75) is 50.7 Å². The second kappa shape index (κ2) is 4.53. The number of hydrogen-bond donors (Lipinski definition) is 1. The third kappa shape index (κ3) is 3.01. The van der Waals surface area contributed by atoms with Gasteiger partial charge in [-0.1, -0.05) is 12.1 Å². The molecule has 2 rings (SSSR count). The van der Waals surface area contributed by atoms with E-state index in [-0.39, 0.29) is 11.7 Å². The number of rotatable bonds is 2. The number of nitrogens with zero attached hydrogens (tertiary/aromatic N) is 2. The minimum Gasteiger partial charge on any atom is -0.337 e. The highest BCUT2D eigenvalue weighted by molar-refractivity contribution is 5.04.